The van der Waals surface area contributed by atoms with Crippen molar-refractivity contribution in [3.63, 3.8) is 0 Å². The van der Waals surface area contributed by atoms with Crippen LogP contribution in [0.3, 0.4) is 0 Å². The Bertz CT molecular complexity index is 573. The molecule has 0 spiro atoms. The molecule has 1 heterocycles. The molecule has 0 bridgehead atoms. The fraction of sp³-hybridized carbons (Fsp3) is 0.308. The van der Waals surface area contributed by atoms with Crippen molar-refractivity contribution >= 4 is 5.82 Å². The Morgan fingerprint density at radius 3 is 2.58 bits per heavy atom. The Kier molecular flexibility index (Phi) is 3.50. The van der Waals surface area contributed by atoms with E-state index in [2.05, 4.69) is 10.2 Å². The van der Waals surface area contributed by atoms with Gasteiger partial charge in [-0.25, -0.2) is 0 Å². The van der Waals surface area contributed by atoms with Crippen LogP contribution in [0.25, 0.3) is 11.3 Å². The van der Waals surface area contributed by atoms with Gasteiger partial charge in [0.05, 0.1) is 11.3 Å². The zero-order valence-corrected chi connectivity index (χ0v) is 10.4. The molecule has 0 fully saturated rings. The molecular formula is C13H14F3N3. The normalized spacial score (nSPS) is 11.8. The third-order valence-corrected chi connectivity index (χ3v) is 2.90. The highest BCUT2D eigenvalue weighted by Crippen LogP contribution is 2.38. The van der Waals surface area contributed by atoms with Crippen molar-refractivity contribution in [2.24, 2.45) is 0 Å². The topological polar surface area (TPSA) is 54.7 Å². The highest BCUT2D eigenvalue weighted by atomic mass is 19.4. The molecule has 2 aromatic rings. The standard InChI is InChI=1S/C13H14F3N3/c1-2-5-9-11(18-19-12(9)17)8-6-3-4-7-10(8)13(14,15)16/h3-4,6-7H,2,5H2,1H3,(H3,17,18,19). The Morgan fingerprint density at radius 2 is 1.95 bits per heavy atom. The van der Waals surface area contributed by atoms with Crippen molar-refractivity contribution in [1.29, 1.82) is 0 Å². The fourth-order valence-corrected chi connectivity index (χ4v) is 2.05. The number of alkyl halides is 3. The molecule has 0 unspecified atom stereocenters. The van der Waals surface area contributed by atoms with Crippen molar-refractivity contribution in [1.82, 2.24) is 10.2 Å². The molecular weight excluding hydrogens is 255 g/mol. The second-order valence-corrected chi connectivity index (χ2v) is 4.26. The molecule has 2 rings (SSSR count). The van der Waals surface area contributed by atoms with Crippen molar-refractivity contribution in [2.45, 2.75) is 25.9 Å². The number of aromatic nitrogens is 2. The average molecular weight is 269 g/mol. The van der Waals surface area contributed by atoms with E-state index in [-0.39, 0.29) is 11.4 Å². The summed E-state index contributed by atoms with van der Waals surface area (Å²) in [7, 11) is 0. The van der Waals surface area contributed by atoms with Crippen LogP contribution in [0.4, 0.5) is 19.0 Å². The number of halogens is 3. The number of nitrogens with two attached hydrogens (primary N) is 1. The van der Waals surface area contributed by atoms with Crippen LogP contribution in [0.5, 0.6) is 0 Å². The third kappa shape index (κ3) is 2.57. The second-order valence-electron chi connectivity index (χ2n) is 4.26. The molecule has 1 aromatic heterocycles. The molecule has 0 aliphatic heterocycles. The minimum atomic E-state index is -4.40. The first-order valence-corrected chi connectivity index (χ1v) is 5.94. The van der Waals surface area contributed by atoms with Gasteiger partial charge in [0.2, 0.25) is 0 Å². The van der Waals surface area contributed by atoms with Crippen LogP contribution in [0, 0.1) is 0 Å². The SMILES string of the molecule is CCCc1c(N)n[nH]c1-c1ccccc1C(F)(F)F. The van der Waals surface area contributed by atoms with Gasteiger partial charge < -0.3 is 5.73 Å². The molecule has 3 nitrogen and oxygen atoms in total. The lowest BCUT2D eigenvalue weighted by Crippen LogP contribution is -2.07. The second kappa shape index (κ2) is 4.95. The Labute approximate surface area is 108 Å². The van der Waals surface area contributed by atoms with Gasteiger partial charge in [0.1, 0.15) is 5.82 Å². The summed E-state index contributed by atoms with van der Waals surface area (Å²) in [6, 6.07) is 5.42. The predicted molar refractivity (Wildman–Crippen MR) is 67.4 cm³/mol. The maximum atomic E-state index is 13.0. The van der Waals surface area contributed by atoms with Gasteiger partial charge in [0, 0.05) is 11.1 Å². The van der Waals surface area contributed by atoms with E-state index in [1.54, 1.807) is 6.07 Å². The minimum absolute atomic E-state index is 0.0858. The van der Waals surface area contributed by atoms with Crippen LogP contribution in [0.1, 0.15) is 24.5 Å². The first kappa shape index (κ1) is 13.5. The Morgan fingerprint density at radius 1 is 1.26 bits per heavy atom. The highest BCUT2D eigenvalue weighted by molar-refractivity contribution is 5.71. The van der Waals surface area contributed by atoms with Gasteiger partial charge >= 0.3 is 6.18 Å². The molecule has 0 saturated carbocycles. The lowest BCUT2D eigenvalue weighted by atomic mass is 9.99. The van der Waals surface area contributed by atoms with Crippen molar-refractivity contribution in [2.75, 3.05) is 5.73 Å². The van der Waals surface area contributed by atoms with Crippen LogP contribution < -0.4 is 5.73 Å². The van der Waals surface area contributed by atoms with Gasteiger partial charge in [-0.15, -0.1) is 0 Å². The number of rotatable bonds is 3. The van der Waals surface area contributed by atoms with Crippen LogP contribution >= 0.6 is 0 Å². The van der Waals surface area contributed by atoms with Gasteiger partial charge in [0.25, 0.3) is 0 Å². The number of anilines is 1. The number of hydrogen-bond donors (Lipinski definition) is 2. The summed E-state index contributed by atoms with van der Waals surface area (Å²) in [5.74, 6) is 0.258. The number of nitrogens with one attached hydrogen (secondary N) is 1. The van der Waals surface area contributed by atoms with Crippen molar-refractivity contribution in [3.05, 3.63) is 35.4 Å². The molecule has 1 aromatic carbocycles. The van der Waals surface area contributed by atoms with E-state index >= 15 is 0 Å². The van der Waals surface area contributed by atoms with Gasteiger partial charge in [-0.2, -0.15) is 18.3 Å². The summed E-state index contributed by atoms with van der Waals surface area (Å²) in [4.78, 5) is 0. The third-order valence-electron chi connectivity index (χ3n) is 2.90. The predicted octanol–water partition coefficient (Wildman–Crippen LogP) is 3.63. The fourth-order valence-electron chi connectivity index (χ4n) is 2.05. The van der Waals surface area contributed by atoms with E-state index in [0.29, 0.717) is 17.7 Å². The number of benzene rings is 1. The van der Waals surface area contributed by atoms with Crippen LogP contribution in [0.2, 0.25) is 0 Å². The van der Waals surface area contributed by atoms with E-state index in [1.807, 2.05) is 6.92 Å². The van der Waals surface area contributed by atoms with Crippen LogP contribution in [-0.2, 0) is 12.6 Å². The van der Waals surface area contributed by atoms with Gasteiger partial charge in [-0.3, -0.25) is 5.10 Å². The smallest absolute Gasteiger partial charge is 0.382 e. The van der Waals surface area contributed by atoms with E-state index in [9.17, 15) is 13.2 Å². The van der Waals surface area contributed by atoms with Crippen LogP contribution in [0.15, 0.2) is 24.3 Å². The van der Waals surface area contributed by atoms with Crippen LogP contribution in [-0.4, -0.2) is 10.2 Å². The van der Waals surface area contributed by atoms with Gasteiger partial charge in [-0.05, 0) is 12.5 Å². The van der Waals surface area contributed by atoms with Crippen molar-refractivity contribution < 1.29 is 13.2 Å². The monoisotopic (exact) mass is 269 g/mol. The molecule has 0 saturated heterocycles. The number of H-pyrrole nitrogens is 1. The molecule has 102 valence electrons. The maximum absolute atomic E-state index is 13.0. The number of hydrogen-bond acceptors (Lipinski definition) is 2. The molecule has 0 radical (unpaired) electrons. The lowest BCUT2D eigenvalue weighted by Gasteiger charge is -2.12. The van der Waals surface area contributed by atoms with Crippen molar-refractivity contribution in [3.8, 4) is 11.3 Å². The molecule has 3 N–H and O–H groups in total. The summed E-state index contributed by atoms with van der Waals surface area (Å²) in [5.41, 5.74) is 6.09. The van der Waals surface area contributed by atoms with E-state index in [4.69, 9.17) is 5.73 Å². The summed E-state index contributed by atoms with van der Waals surface area (Å²) >= 11 is 0. The number of nitrogen functional groups attached to an aromatic ring is 1. The Balaban J connectivity index is 2.60. The molecule has 0 aliphatic carbocycles. The van der Waals surface area contributed by atoms with E-state index in [0.717, 1.165) is 12.5 Å². The summed E-state index contributed by atoms with van der Waals surface area (Å²) in [6.45, 7) is 1.94. The first-order chi connectivity index (χ1) is 8.95. The quantitative estimate of drug-likeness (QED) is 0.894. The average Bonchev–Trinajstić information content (AvgIpc) is 2.71. The zero-order chi connectivity index (χ0) is 14.0. The molecule has 0 aliphatic rings. The zero-order valence-electron chi connectivity index (χ0n) is 10.4. The molecule has 6 heteroatoms. The lowest BCUT2D eigenvalue weighted by molar-refractivity contribution is -0.137. The van der Waals surface area contributed by atoms with E-state index < -0.39 is 11.7 Å². The van der Waals surface area contributed by atoms with Gasteiger partial charge in [-0.1, -0.05) is 31.5 Å². The summed E-state index contributed by atoms with van der Waals surface area (Å²) < 4.78 is 39.0. The number of nitrogens with zero attached hydrogens (tertiary/aromatic N) is 1. The summed E-state index contributed by atoms with van der Waals surface area (Å²) in [6.07, 6.45) is -3.03. The largest absolute Gasteiger partial charge is 0.417 e. The Hall–Kier alpha value is -1.98. The molecule has 0 atom stereocenters. The molecule has 0 amide bonds. The molecule has 19 heavy (non-hydrogen) atoms. The highest BCUT2D eigenvalue weighted by Gasteiger charge is 2.34. The minimum Gasteiger partial charge on any atom is -0.382 e. The van der Waals surface area contributed by atoms with E-state index in [1.165, 1.54) is 12.1 Å². The summed E-state index contributed by atoms with van der Waals surface area (Å²) in [5, 5.41) is 6.43. The first-order valence-electron chi connectivity index (χ1n) is 5.94. The van der Waals surface area contributed by atoms with Gasteiger partial charge in [0.15, 0.2) is 0 Å². The number of aromatic amines is 1. The maximum Gasteiger partial charge on any atom is 0.417 e.